The summed E-state index contributed by atoms with van der Waals surface area (Å²) in [7, 11) is 0. The summed E-state index contributed by atoms with van der Waals surface area (Å²) in [5.74, 6) is -9.27. The van der Waals surface area contributed by atoms with Gasteiger partial charge in [-0.15, -0.1) is 0 Å². The summed E-state index contributed by atoms with van der Waals surface area (Å²) in [4.78, 5) is 50.6. The van der Waals surface area contributed by atoms with Crippen molar-refractivity contribution in [3.8, 4) is 0 Å². The van der Waals surface area contributed by atoms with Crippen LogP contribution in [0.1, 0.15) is 43.9 Å². The highest BCUT2D eigenvalue weighted by molar-refractivity contribution is 6.30. The number of hydrogen-bond acceptors (Lipinski definition) is 4. The Morgan fingerprint density at radius 1 is 1.28 bits per heavy atom. The fourth-order valence-electron chi connectivity index (χ4n) is 3.41. The van der Waals surface area contributed by atoms with Crippen LogP contribution in [0.2, 0.25) is 7.85 Å². The number of imide groups is 1. The van der Waals surface area contributed by atoms with E-state index < -0.39 is 60.5 Å². The molecule has 166 valence electrons. The molecule has 1 fully saturated rings. The van der Waals surface area contributed by atoms with Gasteiger partial charge in [-0.05, 0) is 35.7 Å². The first-order valence-corrected chi connectivity index (χ1v) is 9.72. The van der Waals surface area contributed by atoms with E-state index in [9.17, 15) is 28.0 Å². The van der Waals surface area contributed by atoms with Crippen LogP contribution >= 0.6 is 11.6 Å². The van der Waals surface area contributed by atoms with Gasteiger partial charge in [0.15, 0.2) is 2.82 Å². The molecule has 0 saturated carbocycles. The Labute approximate surface area is 193 Å². The average molecular weight is 467 g/mol. The minimum atomic E-state index is -4.00. The van der Waals surface area contributed by atoms with Crippen molar-refractivity contribution in [3.63, 3.8) is 0 Å². The van der Waals surface area contributed by atoms with E-state index in [1.54, 1.807) is 0 Å². The molecule has 0 radical (unpaired) electrons. The Morgan fingerprint density at radius 2 is 2.00 bits per heavy atom. The minimum Gasteiger partial charge on any atom is -0.346 e. The average Bonchev–Trinajstić information content (AvgIpc) is 3.17. The van der Waals surface area contributed by atoms with Gasteiger partial charge in [0.25, 0.3) is 11.8 Å². The standard InChI is InChI=1S/C22H18ClF2N3O4/c23-15-4-2-14(3-5-15)22(24,25)21(32)26-10-12-1-6-16-13(9-12)11-28(20(16)31)17-7-8-18(29)27-19(17)30/h1-6,9,17H,7-8,10-11H2,(H,26,32)(H,27,29,30)/i7D,8D2/hD2. The van der Waals surface area contributed by atoms with E-state index in [0.29, 0.717) is 0 Å². The van der Waals surface area contributed by atoms with E-state index in [1.807, 2.05) is 0 Å². The molecule has 2 atom stereocenters. The van der Waals surface area contributed by atoms with Crippen molar-refractivity contribution >= 4 is 35.2 Å². The first kappa shape index (κ1) is 16.3. The molecule has 0 spiro atoms. The Kier molecular flexibility index (Phi) is 4.24. The largest absolute Gasteiger partial charge is 0.349 e. The molecule has 0 bridgehead atoms. The highest BCUT2D eigenvalue weighted by atomic mass is 35.5. The predicted molar refractivity (Wildman–Crippen MR) is 110 cm³/mol. The number of rotatable bonds is 5. The smallest absolute Gasteiger partial charge is 0.346 e. The van der Waals surface area contributed by atoms with Crippen LogP contribution < -0.4 is 10.6 Å². The Bertz CT molecular complexity index is 1310. The minimum absolute atomic E-state index is 0.0760. The molecule has 0 aliphatic carbocycles. The Balaban J connectivity index is 1.53. The quantitative estimate of drug-likeness (QED) is 0.662. The van der Waals surface area contributed by atoms with Crippen LogP contribution in [0.25, 0.3) is 0 Å². The topological polar surface area (TPSA) is 95.6 Å². The fourth-order valence-corrected chi connectivity index (χ4v) is 3.53. The van der Waals surface area contributed by atoms with Gasteiger partial charge < -0.3 is 10.2 Å². The number of amides is 4. The Morgan fingerprint density at radius 3 is 2.72 bits per heavy atom. The van der Waals surface area contributed by atoms with Crippen LogP contribution in [0, 0.1) is 0 Å². The zero-order valence-electron chi connectivity index (χ0n) is 21.2. The van der Waals surface area contributed by atoms with Crippen molar-refractivity contribution in [1.29, 1.82) is 0 Å². The molecule has 2 heterocycles. The summed E-state index contributed by atoms with van der Waals surface area (Å²) in [5, 5.41) is 0.0799. The van der Waals surface area contributed by atoms with Crippen molar-refractivity contribution in [2.75, 3.05) is 0 Å². The van der Waals surface area contributed by atoms with E-state index in [2.05, 4.69) is 0 Å². The van der Waals surface area contributed by atoms with Gasteiger partial charge in [0, 0.05) is 39.7 Å². The number of piperidine rings is 1. The lowest BCUT2D eigenvalue weighted by atomic mass is 10.0. The van der Waals surface area contributed by atoms with E-state index >= 15 is 0 Å². The molecule has 2 unspecified atom stereocenters. The fraction of sp³-hybridized carbons (Fsp3) is 0.273. The van der Waals surface area contributed by atoms with Crippen LogP contribution in [0.5, 0.6) is 0 Å². The van der Waals surface area contributed by atoms with Crippen molar-refractivity contribution < 1.29 is 34.9 Å². The second-order valence-corrected chi connectivity index (χ2v) is 7.57. The molecular formula is C22H18ClF2N3O4. The third-order valence-electron chi connectivity index (χ3n) is 5.05. The van der Waals surface area contributed by atoms with Crippen LogP contribution in [0.3, 0.4) is 0 Å². The number of hydrogen-bond donors (Lipinski definition) is 2. The van der Waals surface area contributed by atoms with Gasteiger partial charge in [-0.1, -0.05) is 35.9 Å². The van der Waals surface area contributed by atoms with Crippen LogP contribution in [0.4, 0.5) is 8.78 Å². The van der Waals surface area contributed by atoms with Gasteiger partial charge in [0.2, 0.25) is 11.8 Å². The maximum Gasteiger partial charge on any atom is 0.349 e. The second-order valence-electron chi connectivity index (χ2n) is 7.14. The lowest BCUT2D eigenvalue weighted by Crippen LogP contribution is -2.52. The summed E-state index contributed by atoms with van der Waals surface area (Å²) in [6.45, 7) is -0.858. The number of nitrogens with zero attached hydrogens (tertiary/aromatic N) is 1. The maximum absolute atomic E-state index is 14.6. The normalized spacial score (nSPS) is 24.8. The molecule has 32 heavy (non-hydrogen) atoms. The van der Waals surface area contributed by atoms with Gasteiger partial charge in [0.1, 0.15) is 6.04 Å². The molecule has 2 aliphatic rings. The van der Waals surface area contributed by atoms with Crippen molar-refractivity contribution in [1.82, 2.24) is 15.5 Å². The molecule has 4 amide bonds. The molecule has 0 aromatic heterocycles. The van der Waals surface area contributed by atoms with E-state index in [-0.39, 0.29) is 38.9 Å². The maximum atomic E-state index is 14.6. The molecule has 2 aromatic rings. The SMILES string of the molecule is [2H]C1C(N2Cc3cc(CN([2H])C(=O)C(F)(F)c4ccc(Cl)cc4)ccc3C2=O)C(=O)N([2H])C(=O)C1([2H])[2H]. The number of halogens is 3. The summed E-state index contributed by atoms with van der Waals surface area (Å²) in [6.07, 6.45) is -4.87. The summed E-state index contributed by atoms with van der Waals surface area (Å²) < 4.78 is 68.4. The third-order valence-corrected chi connectivity index (χ3v) is 5.30. The number of fused-ring (bicyclic) bond motifs is 1. The number of carbonyl (C=O) groups excluding carboxylic acids is 4. The lowest BCUT2D eigenvalue weighted by molar-refractivity contribution is -0.147. The van der Waals surface area contributed by atoms with E-state index in [1.165, 1.54) is 30.3 Å². The molecule has 2 N–H and O–H groups in total. The van der Waals surface area contributed by atoms with Crippen molar-refractivity contribution in [2.45, 2.75) is 37.8 Å². The molecule has 4 rings (SSSR count). The first-order valence-electron chi connectivity index (χ1n) is 11.8. The number of alkyl halides is 2. The highest BCUT2D eigenvalue weighted by Crippen LogP contribution is 2.30. The summed E-state index contributed by atoms with van der Waals surface area (Å²) in [5.41, 5.74) is -0.0687. The first-order chi connectivity index (χ1) is 17.2. The predicted octanol–water partition coefficient (Wildman–Crippen LogP) is 2.51. The third kappa shape index (κ3) is 4.08. The number of benzene rings is 2. The molecule has 2 aromatic carbocycles. The Hall–Kier alpha value is -3.33. The van der Waals surface area contributed by atoms with Crippen LogP contribution in [0.15, 0.2) is 42.5 Å². The van der Waals surface area contributed by atoms with E-state index in [4.69, 9.17) is 18.5 Å². The zero-order valence-corrected chi connectivity index (χ0v) is 17.0. The molecular weight excluding hydrogens is 444 g/mol. The van der Waals surface area contributed by atoms with Crippen molar-refractivity contribution in [3.05, 3.63) is 69.7 Å². The second kappa shape index (κ2) is 8.31. The van der Waals surface area contributed by atoms with Gasteiger partial charge in [-0.3, -0.25) is 24.5 Å². The van der Waals surface area contributed by atoms with Crippen molar-refractivity contribution in [2.24, 2.45) is 0 Å². The summed E-state index contributed by atoms with van der Waals surface area (Å²) >= 11 is 5.69. The van der Waals surface area contributed by atoms with Crippen LogP contribution in [-0.2, 0) is 33.4 Å². The van der Waals surface area contributed by atoms with Gasteiger partial charge in [0.05, 0.1) is 0 Å². The van der Waals surface area contributed by atoms with E-state index in [0.717, 1.165) is 17.0 Å². The molecule has 1 saturated heterocycles. The zero-order chi connectivity index (χ0) is 27.4. The number of nitrogens with one attached hydrogen (secondary N) is 2. The molecule has 7 nitrogen and oxygen atoms in total. The van der Waals surface area contributed by atoms with Crippen LogP contribution in [-0.4, -0.2) is 34.6 Å². The molecule has 2 aliphatic heterocycles. The highest BCUT2D eigenvalue weighted by Gasteiger charge is 2.41. The monoisotopic (exact) mass is 466 g/mol. The summed E-state index contributed by atoms with van der Waals surface area (Å²) in [6, 6.07) is 6.58. The molecule has 10 heteroatoms. The van der Waals surface area contributed by atoms with Gasteiger partial charge in [-0.2, -0.15) is 8.78 Å². The van der Waals surface area contributed by atoms with Gasteiger partial charge in [-0.25, -0.2) is 0 Å². The van der Waals surface area contributed by atoms with Gasteiger partial charge >= 0.3 is 5.92 Å². The number of carbonyl (C=O) groups is 4. The lowest BCUT2D eigenvalue weighted by Gasteiger charge is -2.29.